The quantitative estimate of drug-likeness (QED) is 0.811. The molecule has 86 valence electrons. The van der Waals surface area contributed by atoms with E-state index in [2.05, 4.69) is 18.3 Å². The summed E-state index contributed by atoms with van der Waals surface area (Å²) < 4.78 is 6.10. The van der Waals surface area contributed by atoms with Gasteiger partial charge >= 0.3 is 0 Å². The van der Waals surface area contributed by atoms with Crippen molar-refractivity contribution in [2.45, 2.75) is 31.5 Å². The number of hydrogen-bond donors (Lipinski definition) is 1. The van der Waals surface area contributed by atoms with Crippen LogP contribution in [0.15, 0.2) is 18.2 Å². The molecule has 0 unspecified atom stereocenters. The predicted molar refractivity (Wildman–Crippen MR) is 64.9 cm³/mol. The lowest BCUT2D eigenvalue weighted by Gasteiger charge is -2.39. The lowest BCUT2D eigenvalue weighted by molar-refractivity contribution is -0.0678. The number of rotatable bonds is 1. The van der Waals surface area contributed by atoms with E-state index in [9.17, 15) is 0 Å². The Morgan fingerprint density at radius 2 is 2.44 bits per heavy atom. The molecule has 1 aromatic rings. The van der Waals surface area contributed by atoms with Gasteiger partial charge in [0.25, 0.3) is 0 Å². The van der Waals surface area contributed by atoms with Gasteiger partial charge in [0.15, 0.2) is 0 Å². The smallest absolute Gasteiger partial charge is 0.0888 e. The van der Waals surface area contributed by atoms with E-state index in [1.54, 1.807) is 0 Å². The highest BCUT2D eigenvalue weighted by molar-refractivity contribution is 6.31. The standard InChI is InChI=1S/C13H16ClNO/c1-2-13-8-15-6-11(13)9-4-3-5-12(14)10(9)7-16-13/h3-5,11,15H,2,6-8H2,1H3/t11-,13+/m0/s1. The van der Waals surface area contributed by atoms with E-state index in [-0.39, 0.29) is 5.60 Å². The molecule has 0 amide bonds. The van der Waals surface area contributed by atoms with Gasteiger partial charge in [-0.05, 0) is 23.6 Å². The van der Waals surface area contributed by atoms with Gasteiger partial charge in [-0.25, -0.2) is 0 Å². The average molecular weight is 238 g/mol. The van der Waals surface area contributed by atoms with E-state index in [0.717, 1.165) is 24.5 Å². The van der Waals surface area contributed by atoms with Gasteiger partial charge in [0.05, 0.1) is 12.2 Å². The highest BCUT2D eigenvalue weighted by Crippen LogP contribution is 2.44. The van der Waals surface area contributed by atoms with Crippen molar-refractivity contribution < 1.29 is 4.74 Å². The SMILES string of the molecule is CC[C@@]12CNC[C@H]1c1cccc(Cl)c1CO2. The molecule has 2 aliphatic heterocycles. The summed E-state index contributed by atoms with van der Waals surface area (Å²) in [4.78, 5) is 0. The maximum Gasteiger partial charge on any atom is 0.0888 e. The normalized spacial score (nSPS) is 32.2. The fraction of sp³-hybridized carbons (Fsp3) is 0.538. The first kappa shape index (κ1) is 10.6. The van der Waals surface area contributed by atoms with Crippen LogP contribution in [0.1, 0.15) is 30.4 Å². The van der Waals surface area contributed by atoms with Gasteiger partial charge < -0.3 is 10.1 Å². The summed E-state index contributed by atoms with van der Waals surface area (Å²) >= 11 is 6.22. The van der Waals surface area contributed by atoms with Crippen molar-refractivity contribution in [1.82, 2.24) is 5.32 Å². The number of ether oxygens (including phenoxy) is 1. The Morgan fingerprint density at radius 3 is 3.25 bits per heavy atom. The first-order valence-electron chi connectivity index (χ1n) is 5.89. The molecular weight excluding hydrogens is 222 g/mol. The van der Waals surface area contributed by atoms with Gasteiger partial charge in [-0.1, -0.05) is 30.7 Å². The molecule has 0 saturated carbocycles. The summed E-state index contributed by atoms with van der Waals surface area (Å²) in [6.07, 6.45) is 1.05. The summed E-state index contributed by atoms with van der Waals surface area (Å²) in [6.45, 7) is 4.82. The van der Waals surface area contributed by atoms with Crippen molar-refractivity contribution in [2.24, 2.45) is 0 Å². The summed E-state index contributed by atoms with van der Waals surface area (Å²) in [5.74, 6) is 0.458. The van der Waals surface area contributed by atoms with Crippen LogP contribution < -0.4 is 5.32 Å². The summed E-state index contributed by atoms with van der Waals surface area (Å²) in [7, 11) is 0. The Bertz CT molecular complexity index is 420. The molecule has 0 radical (unpaired) electrons. The van der Waals surface area contributed by atoms with Crippen LogP contribution in [0.25, 0.3) is 0 Å². The Morgan fingerprint density at radius 1 is 1.56 bits per heavy atom. The fourth-order valence-corrected chi connectivity index (χ4v) is 3.26. The minimum Gasteiger partial charge on any atom is -0.368 e. The monoisotopic (exact) mass is 237 g/mol. The van der Waals surface area contributed by atoms with Crippen molar-refractivity contribution in [3.63, 3.8) is 0 Å². The lowest BCUT2D eigenvalue weighted by atomic mass is 9.79. The number of halogens is 1. The average Bonchev–Trinajstić information content (AvgIpc) is 2.74. The molecule has 0 aromatic heterocycles. The molecule has 3 heteroatoms. The van der Waals surface area contributed by atoms with Gasteiger partial charge in [-0.3, -0.25) is 0 Å². The van der Waals surface area contributed by atoms with Crippen molar-refractivity contribution in [3.8, 4) is 0 Å². The topological polar surface area (TPSA) is 21.3 Å². The predicted octanol–water partition coefficient (Wildman–Crippen LogP) is 2.71. The Kier molecular flexibility index (Phi) is 2.46. The largest absolute Gasteiger partial charge is 0.368 e. The van der Waals surface area contributed by atoms with Gasteiger partial charge in [0.1, 0.15) is 0 Å². The number of hydrogen-bond acceptors (Lipinski definition) is 2. The van der Waals surface area contributed by atoms with Crippen LogP contribution in [0.5, 0.6) is 0 Å². The maximum absolute atomic E-state index is 6.22. The maximum atomic E-state index is 6.22. The van der Waals surface area contributed by atoms with Crippen LogP contribution in [0, 0.1) is 0 Å². The van der Waals surface area contributed by atoms with E-state index in [1.165, 1.54) is 11.1 Å². The first-order chi connectivity index (χ1) is 7.77. The fourth-order valence-electron chi connectivity index (χ4n) is 3.03. The minimum atomic E-state index is -0.00230. The summed E-state index contributed by atoms with van der Waals surface area (Å²) in [5, 5.41) is 4.29. The number of benzene rings is 1. The third kappa shape index (κ3) is 1.33. The molecule has 0 aliphatic carbocycles. The van der Waals surface area contributed by atoms with Crippen LogP contribution in [0.4, 0.5) is 0 Å². The molecule has 2 atom stereocenters. The third-order valence-corrected chi connectivity index (χ3v) is 4.39. The van der Waals surface area contributed by atoms with E-state index in [4.69, 9.17) is 16.3 Å². The number of nitrogens with one attached hydrogen (secondary N) is 1. The Hall–Kier alpha value is -0.570. The van der Waals surface area contributed by atoms with Crippen LogP contribution in [0.3, 0.4) is 0 Å². The van der Waals surface area contributed by atoms with E-state index in [0.29, 0.717) is 12.5 Å². The first-order valence-corrected chi connectivity index (χ1v) is 6.26. The highest BCUT2D eigenvalue weighted by Gasteiger charge is 2.46. The number of fused-ring (bicyclic) bond motifs is 3. The molecule has 16 heavy (non-hydrogen) atoms. The summed E-state index contributed by atoms with van der Waals surface area (Å²) in [6, 6.07) is 6.20. The molecule has 1 saturated heterocycles. The molecule has 1 fully saturated rings. The zero-order chi connectivity index (χ0) is 11.2. The van der Waals surface area contributed by atoms with Gasteiger partial charge in [-0.2, -0.15) is 0 Å². The van der Waals surface area contributed by atoms with E-state index >= 15 is 0 Å². The van der Waals surface area contributed by atoms with Crippen molar-refractivity contribution in [2.75, 3.05) is 13.1 Å². The van der Waals surface area contributed by atoms with Gasteiger partial charge in [0, 0.05) is 24.0 Å². The second-order valence-corrected chi connectivity index (χ2v) is 5.11. The molecular formula is C13H16ClNO. The molecule has 1 aromatic carbocycles. The van der Waals surface area contributed by atoms with Crippen molar-refractivity contribution >= 4 is 11.6 Å². The molecule has 2 heterocycles. The van der Waals surface area contributed by atoms with Crippen molar-refractivity contribution in [1.29, 1.82) is 0 Å². The molecule has 0 spiro atoms. The Balaban J connectivity index is 2.10. The molecule has 2 aliphatic rings. The van der Waals surface area contributed by atoms with Crippen molar-refractivity contribution in [3.05, 3.63) is 34.3 Å². The minimum absolute atomic E-state index is 0.00230. The zero-order valence-electron chi connectivity index (χ0n) is 9.42. The van der Waals surface area contributed by atoms with E-state index in [1.807, 2.05) is 12.1 Å². The lowest BCUT2D eigenvalue weighted by Crippen LogP contribution is -2.42. The second kappa shape index (κ2) is 3.73. The van der Waals surface area contributed by atoms with Crippen LogP contribution >= 0.6 is 11.6 Å². The van der Waals surface area contributed by atoms with Crippen LogP contribution in [0.2, 0.25) is 5.02 Å². The molecule has 3 rings (SSSR count). The molecule has 1 N–H and O–H groups in total. The zero-order valence-corrected chi connectivity index (χ0v) is 10.2. The summed E-state index contributed by atoms with van der Waals surface area (Å²) in [5.41, 5.74) is 2.56. The van der Waals surface area contributed by atoms with Gasteiger partial charge in [-0.15, -0.1) is 0 Å². The molecule has 2 nitrogen and oxygen atoms in total. The Labute approximate surface area is 101 Å². The van der Waals surface area contributed by atoms with Gasteiger partial charge in [0.2, 0.25) is 0 Å². The van der Waals surface area contributed by atoms with Crippen LogP contribution in [-0.2, 0) is 11.3 Å². The van der Waals surface area contributed by atoms with E-state index < -0.39 is 0 Å². The third-order valence-electron chi connectivity index (χ3n) is 4.04. The second-order valence-electron chi connectivity index (χ2n) is 4.70. The van der Waals surface area contributed by atoms with Crippen LogP contribution in [-0.4, -0.2) is 18.7 Å². The highest BCUT2D eigenvalue weighted by atomic mass is 35.5. The molecule has 0 bridgehead atoms.